The van der Waals surface area contributed by atoms with E-state index >= 15 is 0 Å². The van der Waals surface area contributed by atoms with Crippen LogP contribution < -0.4 is 4.74 Å². The van der Waals surface area contributed by atoms with E-state index in [2.05, 4.69) is 13.0 Å². The third-order valence-electron chi connectivity index (χ3n) is 5.06. The Bertz CT molecular complexity index is 525. The highest BCUT2D eigenvalue weighted by Gasteiger charge is 2.28. The molecule has 1 aromatic rings. The zero-order valence-corrected chi connectivity index (χ0v) is 14.2. The Morgan fingerprint density at radius 3 is 2.45 bits per heavy atom. The topological polar surface area (TPSA) is 46.5 Å². The molecule has 0 atom stereocenters. The van der Waals surface area contributed by atoms with Gasteiger partial charge in [0, 0.05) is 5.41 Å². The summed E-state index contributed by atoms with van der Waals surface area (Å²) in [6.07, 6.45) is 5.05. The van der Waals surface area contributed by atoms with E-state index in [1.807, 2.05) is 26.0 Å². The smallest absolute Gasteiger partial charge is 0.304 e. The standard InChI is InChI=1S/C19H28O3/c1-13-5-7-14(8-6-13)16-11-15(9-10-17(16)22-4)19(2,3)12-18(20)21/h9-11,13-14H,5-8,12H2,1-4H3,(H,20,21). The Labute approximate surface area is 133 Å². The molecule has 0 spiro atoms. The van der Waals surface area contributed by atoms with Crippen molar-refractivity contribution < 1.29 is 14.6 Å². The van der Waals surface area contributed by atoms with Crippen molar-refractivity contribution in [3.63, 3.8) is 0 Å². The fraction of sp³-hybridized carbons (Fsp3) is 0.632. The summed E-state index contributed by atoms with van der Waals surface area (Å²) in [6, 6.07) is 6.20. The maximum Gasteiger partial charge on any atom is 0.304 e. The van der Waals surface area contributed by atoms with E-state index < -0.39 is 5.97 Å². The zero-order valence-electron chi connectivity index (χ0n) is 14.2. The van der Waals surface area contributed by atoms with E-state index in [9.17, 15) is 4.79 Å². The molecule has 2 rings (SSSR count). The Hall–Kier alpha value is -1.51. The van der Waals surface area contributed by atoms with Crippen molar-refractivity contribution in [2.24, 2.45) is 5.92 Å². The van der Waals surface area contributed by atoms with Crippen LogP contribution in [-0.2, 0) is 10.2 Å². The lowest BCUT2D eigenvalue weighted by Gasteiger charge is -2.30. The molecule has 0 unspecified atom stereocenters. The van der Waals surface area contributed by atoms with Gasteiger partial charge in [0.2, 0.25) is 0 Å². The Kier molecular flexibility index (Phi) is 5.15. The third-order valence-corrected chi connectivity index (χ3v) is 5.06. The fourth-order valence-electron chi connectivity index (χ4n) is 3.53. The predicted octanol–water partition coefficient (Wildman–Crippen LogP) is 4.74. The number of benzene rings is 1. The summed E-state index contributed by atoms with van der Waals surface area (Å²) >= 11 is 0. The first-order valence-electron chi connectivity index (χ1n) is 8.23. The van der Waals surface area contributed by atoms with Gasteiger partial charge in [-0.15, -0.1) is 0 Å². The summed E-state index contributed by atoms with van der Waals surface area (Å²) in [5, 5.41) is 9.13. The number of methoxy groups -OCH3 is 1. The second-order valence-corrected chi connectivity index (χ2v) is 7.37. The van der Waals surface area contributed by atoms with Gasteiger partial charge in [0.1, 0.15) is 5.75 Å². The highest BCUT2D eigenvalue weighted by atomic mass is 16.5. The monoisotopic (exact) mass is 304 g/mol. The molecule has 3 heteroatoms. The van der Waals surface area contributed by atoms with Crippen LogP contribution >= 0.6 is 0 Å². The molecule has 0 bridgehead atoms. The molecule has 3 nitrogen and oxygen atoms in total. The summed E-state index contributed by atoms with van der Waals surface area (Å²) in [5.74, 6) is 1.53. The molecule has 1 aromatic carbocycles. The second kappa shape index (κ2) is 6.72. The SMILES string of the molecule is COc1ccc(C(C)(C)CC(=O)O)cc1C1CCC(C)CC1. The summed E-state index contributed by atoms with van der Waals surface area (Å²) in [6.45, 7) is 6.31. The molecule has 0 radical (unpaired) electrons. The van der Waals surface area contributed by atoms with Gasteiger partial charge in [-0.25, -0.2) is 0 Å². The largest absolute Gasteiger partial charge is 0.496 e. The molecular weight excluding hydrogens is 276 g/mol. The Morgan fingerprint density at radius 2 is 1.91 bits per heavy atom. The van der Waals surface area contributed by atoms with E-state index in [0.717, 1.165) is 17.2 Å². The van der Waals surface area contributed by atoms with Crippen LogP contribution in [0.1, 0.15) is 69.9 Å². The van der Waals surface area contributed by atoms with Crippen LogP contribution in [0.25, 0.3) is 0 Å². The summed E-state index contributed by atoms with van der Waals surface area (Å²) < 4.78 is 5.56. The van der Waals surface area contributed by atoms with Crippen molar-refractivity contribution in [2.75, 3.05) is 7.11 Å². The van der Waals surface area contributed by atoms with E-state index in [1.54, 1.807) is 7.11 Å². The van der Waals surface area contributed by atoms with Crippen molar-refractivity contribution in [3.05, 3.63) is 29.3 Å². The first kappa shape index (κ1) is 16.9. The zero-order chi connectivity index (χ0) is 16.3. The maximum absolute atomic E-state index is 11.1. The number of hydrogen-bond donors (Lipinski definition) is 1. The van der Waals surface area contributed by atoms with E-state index in [-0.39, 0.29) is 11.8 Å². The molecule has 0 saturated heterocycles. The summed E-state index contributed by atoms with van der Waals surface area (Å²) in [4.78, 5) is 11.1. The van der Waals surface area contributed by atoms with Crippen molar-refractivity contribution >= 4 is 5.97 Å². The lowest BCUT2D eigenvalue weighted by Crippen LogP contribution is -2.22. The molecular formula is C19H28O3. The van der Waals surface area contributed by atoms with Gasteiger partial charge in [0.15, 0.2) is 0 Å². The van der Waals surface area contributed by atoms with E-state index in [4.69, 9.17) is 9.84 Å². The first-order valence-corrected chi connectivity index (χ1v) is 8.23. The van der Waals surface area contributed by atoms with Crippen LogP contribution in [0.3, 0.4) is 0 Å². The highest BCUT2D eigenvalue weighted by Crippen LogP contribution is 2.41. The predicted molar refractivity (Wildman–Crippen MR) is 88.6 cm³/mol. The number of aliphatic carboxylic acids is 1. The molecule has 0 aliphatic heterocycles. The Morgan fingerprint density at radius 1 is 1.27 bits per heavy atom. The molecule has 1 aliphatic carbocycles. The van der Waals surface area contributed by atoms with Gasteiger partial charge in [-0.1, -0.05) is 45.7 Å². The normalized spacial score (nSPS) is 22.4. The van der Waals surface area contributed by atoms with Crippen LogP contribution in [0, 0.1) is 5.92 Å². The second-order valence-electron chi connectivity index (χ2n) is 7.37. The molecule has 1 aliphatic rings. The van der Waals surface area contributed by atoms with Gasteiger partial charge in [0.25, 0.3) is 0 Å². The summed E-state index contributed by atoms with van der Waals surface area (Å²) in [5.41, 5.74) is 1.98. The van der Waals surface area contributed by atoms with Crippen LogP contribution in [0.2, 0.25) is 0 Å². The number of carbonyl (C=O) groups is 1. The van der Waals surface area contributed by atoms with Crippen molar-refractivity contribution in [1.29, 1.82) is 0 Å². The first-order chi connectivity index (χ1) is 10.3. The minimum absolute atomic E-state index is 0.139. The average Bonchev–Trinajstić information content (AvgIpc) is 2.46. The molecule has 0 amide bonds. The number of carboxylic acids is 1. The van der Waals surface area contributed by atoms with Crippen LogP contribution in [0.4, 0.5) is 0 Å². The number of rotatable bonds is 5. The maximum atomic E-state index is 11.1. The Balaban J connectivity index is 2.32. The fourth-order valence-corrected chi connectivity index (χ4v) is 3.53. The molecule has 1 N–H and O–H groups in total. The van der Waals surface area contributed by atoms with E-state index in [1.165, 1.54) is 31.2 Å². The van der Waals surface area contributed by atoms with Gasteiger partial charge in [-0.3, -0.25) is 4.79 Å². The van der Waals surface area contributed by atoms with Crippen molar-refractivity contribution in [2.45, 2.75) is 64.2 Å². The van der Waals surface area contributed by atoms with Crippen LogP contribution in [0.5, 0.6) is 5.75 Å². The van der Waals surface area contributed by atoms with Gasteiger partial charge < -0.3 is 9.84 Å². The molecule has 0 aromatic heterocycles. The molecule has 122 valence electrons. The third kappa shape index (κ3) is 3.82. The molecule has 22 heavy (non-hydrogen) atoms. The number of ether oxygens (including phenoxy) is 1. The van der Waals surface area contributed by atoms with Crippen molar-refractivity contribution in [3.8, 4) is 5.75 Å². The van der Waals surface area contributed by atoms with Crippen LogP contribution in [-0.4, -0.2) is 18.2 Å². The number of hydrogen-bond acceptors (Lipinski definition) is 2. The quantitative estimate of drug-likeness (QED) is 0.854. The van der Waals surface area contributed by atoms with Gasteiger partial charge in [-0.2, -0.15) is 0 Å². The average molecular weight is 304 g/mol. The van der Waals surface area contributed by atoms with Crippen LogP contribution in [0.15, 0.2) is 18.2 Å². The van der Waals surface area contributed by atoms with Gasteiger partial charge >= 0.3 is 5.97 Å². The minimum Gasteiger partial charge on any atom is -0.496 e. The summed E-state index contributed by atoms with van der Waals surface area (Å²) in [7, 11) is 1.71. The lowest BCUT2D eigenvalue weighted by molar-refractivity contribution is -0.138. The van der Waals surface area contributed by atoms with Gasteiger partial charge in [-0.05, 0) is 41.9 Å². The molecule has 1 fully saturated rings. The van der Waals surface area contributed by atoms with Gasteiger partial charge in [0.05, 0.1) is 13.5 Å². The lowest BCUT2D eigenvalue weighted by atomic mass is 9.76. The van der Waals surface area contributed by atoms with E-state index in [0.29, 0.717) is 5.92 Å². The highest BCUT2D eigenvalue weighted by molar-refractivity contribution is 5.69. The minimum atomic E-state index is -0.756. The molecule has 0 heterocycles. The van der Waals surface area contributed by atoms with Crippen molar-refractivity contribution in [1.82, 2.24) is 0 Å². The molecule has 1 saturated carbocycles. The number of carboxylic acid groups (broad SMARTS) is 1.